The van der Waals surface area contributed by atoms with E-state index in [4.69, 9.17) is 0 Å². The van der Waals surface area contributed by atoms with Crippen molar-refractivity contribution in [2.24, 2.45) is 0 Å². The maximum absolute atomic E-state index is 2.42. The van der Waals surface area contributed by atoms with E-state index in [0.717, 1.165) is 84.6 Å². The Morgan fingerprint density at radius 2 is 0.423 bits per heavy atom. The molecule has 0 amide bonds. The van der Waals surface area contributed by atoms with Crippen LogP contribution in [-0.2, 0) is 0 Å². The van der Waals surface area contributed by atoms with Gasteiger partial charge in [-0.3, -0.25) is 0 Å². The lowest BCUT2D eigenvalue weighted by Crippen LogP contribution is -2.09. The SMILES string of the molecule is c1ccc(N(c2ccccc2)c2ccc3c(c2)c2ccccc2n3-c2ccc(-n3c4ccc(N(c5ccccc5)c5ccccc5)cc4c4cc(N(c5ccccc5)c5ccccc5)ccc43)cc2)cc1. The third kappa shape index (κ3) is 7.45. The Morgan fingerprint density at radius 1 is 0.183 bits per heavy atom. The third-order valence-electron chi connectivity index (χ3n) is 13.6. The van der Waals surface area contributed by atoms with Crippen LogP contribution in [0.15, 0.2) is 285 Å². The lowest BCUT2D eigenvalue weighted by molar-refractivity contribution is 1.14. The van der Waals surface area contributed by atoms with Crippen LogP contribution in [0.25, 0.3) is 55.0 Å². The molecule has 0 unspecified atom stereocenters. The zero-order valence-electron chi connectivity index (χ0n) is 38.9. The predicted molar refractivity (Wildman–Crippen MR) is 299 cm³/mol. The van der Waals surface area contributed by atoms with Gasteiger partial charge in [-0.05, 0) is 158 Å². The smallest absolute Gasteiger partial charge is 0.0542 e. The second kappa shape index (κ2) is 17.8. The summed E-state index contributed by atoms with van der Waals surface area (Å²) >= 11 is 0. The highest BCUT2D eigenvalue weighted by atomic mass is 15.2. The highest BCUT2D eigenvalue weighted by Crippen LogP contribution is 2.44. The van der Waals surface area contributed by atoms with Crippen molar-refractivity contribution in [2.75, 3.05) is 14.7 Å². The van der Waals surface area contributed by atoms with Gasteiger partial charge in [0.15, 0.2) is 0 Å². The summed E-state index contributed by atoms with van der Waals surface area (Å²) in [6.45, 7) is 0. The number of hydrogen-bond acceptors (Lipinski definition) is 3. The van der Waals surface area contributed by atoms with Crippen LogP contribution in [0.4, 0.5) is 51.2 Å². The fraction of sp³-hybridized carbons (Fsp3) is 0. The van der Waals surface area contributed by atoms with Gasteiger partial charge < -0.3 is 23.8 Å². The van der Waals surface area contributed by atoms with E-state index in [1.54, 1.807) is 0 Å². The number of aromatic nitrogens is 2. The topological polar surface area (TPSA) is 19.6 Å². The largest absolute Gasteiger partial charge is 0.310 e. The standard InChI is InChI=1S/C66H47N5/c1-7-21-48(22-8-1)67(49-23-9-2-10-24-49)56-39-42-64-60(45-56)59-33-19-20-34-63(59)70(64)54-35-37-55(38-36-54)71-65-43-40-57(68(50-25-11-3-12-26-50)51-27-13-4-14-28-51)46-61(65)62-47-58(41-44-66(62)71)69(52-29-15-5-16-30-52)53-31-17-6-18-32-53/h1-47H. The molecule has 71 heavy (non-hydrogen) atoms. The monoisotopic (exact) mass is 909 g/mol. The number of anilines is 9. The quantitative estimate of drug-likeness (QED) is 0.129. The molecule has 0 fully saturated rings. The van der Waals surface area contributed by atoms with Crippen LogP contribution in [0.5, 0.6) is 0 Å². The van der Waals surface area contributed by atoms with E-state index in [2.05, 4.69) is 309 Å². The first-order chi connectivity index (χ1) is 35.2. The molecule has 0 spiro atoms. The molecule has 13 rings (SSSR count). The molecule has 0 atom stereocenters. The van der Waals surface area contributed by atoms with Crippen molar-refractivity contribution >= 4 is 94.8 Å². The van der Waals surface area contributed by atoms with Crippen LogP contribution in [0.1, 0.15) is 0 Å². The summed E-state index contributed by atoms with van der Waals surface area (Å²) in [5, 5.41) is 4.75. The van der Waals surface area contributed by atoms with E-state index >= 15 is 0 Å². The van der Waals surface area contributed by atoms with Crippen molar-refractivity contribution in [3.8, 4) is 11.4 Å². The molecule has 11 aromatic carbocycles. The zero-order chi connectivity index (χ0) is 47.1. The van der Waals surface area contributed by atoms with Crippen molar-refractivity contribution in [1.29, 1.82) is 0 Å². The first-order valence-electron chi connectivity index (χ1n) is 24.2. The Balaban J connectivity index is 0.971. The number of nitrogens with zero attached hydrogens (tertiary/aromatic N) is 5. The molecule has 2 heterocycles. The molecule has 0 aliphatic carbocycles. The number of hydrogen-bond donors (Lipinski definition) is 0. The summed E-state index contributed by atoms with van der Waals surface area (Å²) in [5.41, 5.74) is 16.7. The van der Waals surface area contributed by atoms with E-state index in [1.807, 2.05) is 0 Å². The van der Waals surface area contributed by atoms with E-state index in [-0.39, 0.29) is 0 Å². The van der Waals surface area contributed by atoms with Gasteiger partial charge in [-0.2, -0.15) is 0 Å². The zero-order valence-corrected chi connectivity index (χ0v) is 38.9. The number of fused-ring (bicyclic) bond motifs is 6. The Morgan fingerprint density at radius 3 is 0.718 bits per heavy atom. The summed E-state index contributed by atoms with van der Waals surface area (Å²) in [7, 11) is 0. The summed E-state index contributed by atoms with van der Waals surface area (Å²) in [5.74, 6) is 0. The van der Waals surface area contributed by atoms with Gasteiger partial charge in [0.05, 0.1) is 22.1 Å². The van der Waals surface area contributed by atoms with E-state index in [1.165, 1.54) is 21.5 Å². The number of para-hydroxylation sites is 7. The molecule has 5 heteroatoms. The maximum atomic E-state index is 2.42. The van der Waals surface area contributed by atoms with Gasteiger partial charge in [-0.15, -0.1) is 0 Å². The molecular formula is C66H47N5. The minimum Gasteiger partial charge on any atom is -0.310 e. The normalized spacial score (nSPS) is 11.4. The van der Waals surface area contributed by atoms with Crippen molar-refractivity contribution in [2.45, 2.75) is 0 Å². The molecule has 0 radical (unpaired) electrons. The van der Waals surface area contributed by atoms with E-state index < -0.39 is 0 Å². The van der Waals surface area contributed by atoms with Crippen LogP contribution in [0.3, 0.4) is 0 Å². The molecule has 0 saturated carbocycles. The van der Waals surface area contributed by atoms with Gasteiger partial charge in [0, 0.05) is 84.1 Å². The molecule has 2 aromatic heterocycles. The molecule has 0 aliphatic heterocycles. The van der Waals surface area contributed by atoms with Gasteiger partial charge in [-0.25, -0.2) is 0 Å². The average Bonchev–Trinajstić information content (AvgIpc) is 3.95. The lowest BCUT2D eigenvalue weighted by atomic mass is 10.1. The average molecular weight is 910 g/mol. The molecular weight excluding hydrogens is 863 g/mol. The molecule has 5 nitrogen and oxygen atoms in total. The summed E-state index contributed by atoms with van der Waals surface area (Å²) < 4.78 is 4.83. The van der Waals surface area contributed by atoms with Gasteiger partial charge in [0.25, 0.3) is 0 Å². The minimum atomic E-state index is 1.09. The number of rotatable bonds is 11. The molecule has 0 bridgehead atoms. The molecule has 336 valence electrons. The minimum absolute atomic E-state index is 1.09. The Kier molecular flexibility index (Phi) is 10.4. The summed E-state index contributed by atoms with van der Waals surface area (Å²) in [6, 6.07) is 102. The van der Waals surface area contributed by atoms with E-state index in [9.17, 15) is 0 Å². The highest BCUT2D eigenvalue weighted by molar-refractivity contribution is 6.13. The van der Waals surface area contributed by atoms with Gasteiger partial charge in [0.1, 0.15) is 0 Å². The van der Waals surface area contributed by atoms with Crippen LogP contribution in [0.2, 0.25) is 0 Å². The predicted octanol–water partition coefficient (Wildman–Crippen LogP) is 18.3. The Bertz CT molecular complexity index is 3710. The molecule has 0 N–H and O–H groups in total. The summed E-state index contributed by atoms with van der Waals surface area (Å²) in [4.78, 5) is 7.02. The molecule has 13 aromatic rings. The second-order valence-corrected chi connectivity index (χ2v) is 17.8. The Hall–Kier alpha value is -9.58. The highest BCUT2D eigenvalue weighted by Gasteiger charge is 2.22. The van der Waals surface area contributed by atoms with Crippen LogP contribution in [0, 0.1) is 0 Å². The fourth-order valence-corrected chi connectivity index (χ4v) is 10.5. The van der Waals surface area contributed by atoms with Crippen LogP contribution < -0.4 is 14.7 Å². The molecule has 0 aliphatic rings. The number of benzene rings is 11. The van der Waals surface area contributed by atoms with Crippen molar-refractivity contribution < 1.29 is 0 Å². The molecule has 0 saturated heterocycles. The van der Waals surface area contributed by atoms with Crippen molar-refractivity contribution in [3.63, 3.8) is 0 Å². The van der Waals surface area contributed by atoms with E-state index in [0.29, 0.717) is 0 Å². The van der Waals surface area contributed by atoms with Gasteiger partial charge in [-0.1, -0.05) is 127 Å². The fourth-order valence-electron chi connectivity index (χ4n) is 10.5. The summed E-state index contributed by atoms with van der Waals surface area (Å²) in [6.07, 6.45) is 0. The van der Waals surface area contributed by atoms with Crippen LogP contribution >= 0.6 is 0 Å². The maximum Gasteiger partial charge on any atom is 0.0542 e. The van der Waals surface area contributed by atoms with Crippen LogP contribution in [-0.4, -0.2) is 9.13 Å². The first kappa shape index (κ1) is 41.6. The van der Waals surface area contributed by atoms with Crippen molar-refractivity contribution in [3.05, 3.63) is 285 Å². The van der Waals surface area contributed by atoms with Gasteiger partial charge >= 0.3 is 0 Å². The van der Waals surface area contributed by atoms with Crippen molar-refractivity contribution in [1.82, 2.24) is 9.13 Å². The first-order valence-corrected chi connectivity index (χ1v) is 24.2. The van der Waals surface area contributed by atoms with Gasteiger partial charge in [0.2, 0.25) is 0 Å². The lowest BCUT2D eigenvalue weighted by Gasteiger charge is -2.26. The Labute approximate surface area is 413 Å². The second-order valence-electron chi connectivity index (χ2n) is 17.8. The third-order valence-corrected chi connectivity index (χ3v) is 13.6.